The summed E-state index contributed by atoms with van der Waals surface area (Å²) in [7, 11) is 0. The van der Waals surface area contributed by atoms with E-state index in [-0.39, 0.29) is 12.0 Å². The number of rotatable bonds is 6. The number of aliphatic hydroxyl groups is 1. The van der Waals surface area contributed by atoms with Crippen molar-refractivity contribution in [3.63, 3.8) is 0 Å². The minimum Gasteiger partial charge on any atom is -0.485 e. The molecule has 0 atom stereocenters. The molecule has 3 rings (SSSR count). The van der Waals surface area contributed by atoms with E-state index in [1.54, 1.807) is 31.1 Å². The van der Waals surface area contributed by atoms with Gasteiger partial charge in [-0.15, -0.1) is 0 Å². The van der Waals surface area contributed by atoms with Gasteiger partial charge in [-0.05, 0) is 56.5 Å². The van der Waals surface area contributed by atoms with E-state index in [0.717, 1.165) is 17.7 Å². The molecule has 1 aromatic heterocycles. The van der Waals surface area contributed by atoms with E-state index in [9.17, 15) is 9.90 Å². The molecule has 1 amide bonds. The third-order valence-electron chi connectivity index (χ3n) is 4.30. The maximum atomic E-state index is 12.5. The largest absolute Gasteiger partial charge is 0.485 e. The smallest absolute Gasteiger partial charge is 0.254 e. The number of nitrogens with zero attached hydrogens (tertiary/aromatic N) is 2. The lowest BCUT2D eigenvalue weighted by Gasteiger charge is -2.38. The van der Waals surface area contributed by atoms with E-state index in [1.807, 2.05) is 36.4 Å². The molecule has 25 heavy (non-hydrogen) atoms. The number of likely N-dealkylation sites (tertiary alicyclic amines) is 1. The number of hydrogen-bond donors (Lipinski definition) is 1. The number of aryl methyl sites for hydroxylation is 1. The number of aromatic nitrogens is 1. The van der Waals surface area contributed by atoms with Crippen LogP contribution in [0.3, 0.4) is 0 Å². The molecule has 2 aromatic rings. The molecule has 1 aliphatic rings. The van der Waals surface area contributed by atoms with E-state index in [2.05, 4.69) is 4.98 Å². The van der Waals surface area contributed by atoms with Gasteiger partial charge in [0.1, 0.15) is 11.9 Å². The van der Waals surface area contributed by atoms with Gasteiger partial charge >= 0.3 is 0 Å². The first-order chi connectivity index (χ1) is 11.9. The van der Waals surface area contributed by atoms with Crippen LogP contribution in [0.15, 0.2) is 48.8 Å². The maximum Gasteiger partial charge on any atom is 0.254 e. The van der Waals surface area contributed by atoms with Gasteiger partial charge in [-0.3, -0.25) is 9.78 Å². The first-order valence-electron chi connectivity index (χ1n) is 8.58. The highest BCUT2D eigenvalue weighted by Gasteiger charge is 2.32. The average Bonchev–Trinajstić information content (AvgIpc) is 2.56. The molecule has 0 bridgehead atoms. The first kappa shape index (κ1) is 17.4. The summed E-state index contributed by atoms with van der Waals surface area (Å²) in [4.78, 5) is 18.3. The standard InChI is InChI=1S/C20H24N2O3/c1-20(2,24)10-9-15-5-7-16(8-6-15)19(23)22-13-18(14-22)25-17-4-3-11-21-12-17/h3-8,11-12,18,24H,9-10,13-14H2,1-2H3. The predicted molar refractivity (Wildman–Crippen MR) is 95.6 cm³/mol. The van der Waals surface area contributed by atoms with Gasteiger partial charge in [-0.2, -0.15) is 0 Å². The predicted octanol–water partition coefficient (Wildman–Crippen LogP) is 2.69. The molecule has 1 saturated heterocycles. The summed E-state index contributed by atoms with van der Waals surface area (Å²) in [6, 6.07) is 11.3. The molecule has 1 aliphatic heterocycles. The number of carbonyl (C=O) groups excluding carboxylic acids is 1. The summed E-state index contributed by atoms with van der Waals surface area (Å²) in [6.45, 7) is 4.79. The number of hydrogen-bond acceptors (Lipinski definition) is 4. The fraction of sp³-hybridized carbons (Fsp3) is 0.400. The topological polar surface area (TPSA) is 62.7 Å². The minimum absolute atomic E-state index is 0.0270. The zero-order chi connectivity index (χ0) is 17.9. The van der Waals surface area contributed by atoms with Crippen LogP contribution < -0.4 is 4.74 Å². The van der Waals surface area contributed by atoms with Crippen molar-refractivity contribution in [2.24, 2.45) is 0 Å². The van der Waals surface area contributed by atoms with Crippen molar-refractivity contribution in [2.75, 3.05) is 13.1 Å². The summed E-state index contributed by atoms with van der Waals surface area (Å²) in [5, 5.41) is 9.79. The normalized spacial score (nSPS) is 14.9. The van der Waals surface area contributed by atoms with Gasteiger partial charge < -0.3 is 14.7 Å². The second-order valence-electron chi connectivity index (χ2n) is 7.15. The SMILES string of the molecule is CC(C)(O)CCc1ccc(C(=O)N2CC(Oc3cccnc3)C2)cc1. The zero-order valence-electron chi connectivity index (χ0n) is 14.7. The van der Waals surface area contributed by atoms with Gasteiger partial charge in [0, 0.05) is 11.8 Å². The molecule has 1 N–H and O–H groups in total. The molecule has 1 aromatic carbocycles. The molecule has 0 unspecified atom stereocenters. The molecule has 0 radical (unpaired) electrons. The number of amides is 1. The molecule has 2 heterocycles. The molecule has 132 valence electrons. The molecule has 1 fully saturated rings. The number of benzene rings is 1. The van der Waals surface area contributed by atoms with Crippen LogP contribution in [0.4, 0.5) is 0 Å². The van der Waals surface area contributed by atoms with Crippen molar-refractivity contribution < 1.29 is 14.6 Å². The van der Waals surface area contributed by atoms with Crippen molar-refractivity contribution in [1.82, 2.24) is 9.88 Å². The Labute approximate surface area is 148 Å². The third kappa shape index (κ3) is 4.79. The van der Waals surface area contributed by atoms with Gasteiger partial charge in [0.25, 0.3) is 5.91 Å². The van der Waals surface area contributed by atoms with E-state index < -0.39 is 5.60 Å². The van der Waals surface area contributed by atoms with E-state index in [1.165, 1.54) is 0 Å². The van der Waals surface area contributed by atoms with Crippen LogP contribution >= 0.6 is 0 Å². The summed E-state index contributed by atoms with van der Waals surface area (Å²) in [5.74, 6) is 0.760. The minimum atomic E-state index is -0.671. The second-order valence-corrected chi connectivity index (χ2v) is 7.15. The number of ether oxygens (including phenoxy) is 1. The van der Waals surface area contributed by atoms with E-state index >= 15 is 0 Å². The lowest BCUT2D eigenvalue weighted by molar-refractivity contribution is 0.0176. The van der Waals surface area contributed by atoms with Crippen LogP contribution in [-0.2, 0) is 6.42 Å². The van der Waals surface area contributed by atoms with Crippen molar-refractivity contribution in [2.45, 2.75) is 38.4 Å². The third-order valence-corrected chi connectivity index (χ3v) is 4.30. The second kappa shape index (κ2) is 7.23. The van der Waals surface area contributed by atoms with Crippen LogP contribution in [-0.4, -0.2) is 45.7 Å². The van der Waals surface area contributed by atoms with Gasteiger partial charge in [-0.1, -0.05) is 12.1 Å². The van der Waals surface area contributed by atoms with E-state index in [0.29, 0.717) is 25.1 Å². The van der Waals surface area contributed by atoms with Crippen LogP contribution in [0.2, 0.25) is 0 Å². The Kier molecular flexibility index (Phi) is 5.04. The highest BCUT2D eigenvalue weighted by molar-refractivity contribution is 5.94. The van der Waals surface area contributed by atoms with Gasteiger partial charge in [-0.25, -0.2) is 0 Å². The first-order valence-corrected chi connectivity index (χ1v) is 8.58. The fourth-order valence-electron chi connectivity index (χ4n) is 2.73. The summed E-state index contributed by atoms with van der Waals surface area (Å²) in [6.07, 6.45) is 4.90. The van der Waals surface area contributed by atoms with Crippen molar-refractivity contribution >= 4 is 5.91 Å². The molecule has 0 saturated carbocycles. The van der Waals surface area contributed by atoms with Gasteiger partial charge in [0.2, 0.25) is 0 Å². The van der Waals surface area contributed by atoms with E-state index in [4.69, 9.17) is 4.74 Å². The fourth-order valence-corrected chi connectivity index (χ4v) is 2.73. The van der Waals surface area contributed by atoms with Crippen molar-refractivity contribution in [3.8, 4) is 5.75 Å². The van der Waals surface area contributed by atoms with Crippen molar-refractivity contribution in [3.05, 3.63) is 59.9 Å². The number of pyridine rings is 1. The Morgan fingerprint density at radius 1 is 1.28 bits per heavy atom. The highest BCUT2D eigenvalue weighted by Crippen LogP contribution is 2.20. The van der Waals surface area contributed by atoms with Gasteiger partial charge in [0.15, 0.2) is 0 Å². The summed E-state index contributed by atoms with van der Waals surface area (Å²) < 4.78 is 5.77. The van der Waals surface area contributed by atoms with Crippen LogP contribution in [0.25, 0.3) is 0 Å². The quantitative estimate of drug-likeness (QED) is 0.878. The summed E-state index contributed by atoms with van der Waals surface area (Å²) >= 11 is 0. The highest BCUT2D eigenvalue weighted by atomic mass is 16.5. The van der Waals surface area contributed by atoms with Crippen LogP contribution in [0, 0.1) is 0 Å². The van der Waals surface area contributed by atoms with Crippen molar-refractivity contribution in [1.29, 1.82) is 0 Å². The Balaban J connectivity index is 1.49. The molecule has 0 spiro atoms. The van der Waals surface area contributed by atoms with Gasteiger partial charge in [0.05, 0.1) is 24.9 Å². The molecule has 5 heteroatoms. The molecule has 5 nitrogen and oxygen atoms in total. The maximum absolute atomic E-state index is 12.5. The Bertz CT molecular complexity index is 702. The monoisotopic (exact) mass is 340 g/mol. The Morgan fingerprint density at radius 2 is 2.00 bits per heavy atom. The number of carbonyl (C=O) groups is 1. The molecular formula is C20H24N2O3. The Hall–Kier alpha value is -2.40. The van der Waals surface area contributed by atoms with Crippen LogP contribution in [0.5, 0.6) is 5.75 Å². The lowest BCUT2D eigenvalue weighted by atomic mass is 9.98. The molecular weight excluding hydrogens is 316 g/mol. The zero-order valence-corrected chi connectivity index (χ0v) is 14.7. The van der Waals surface area contributed by atoms with Crippen LogP contribution in [0.1, 0.15) is 36.2 Å². The molecule has 0 aliphatic carbocycles. The average molecular weight is 340 g/mol. The lowest BCUT2D eigenvalue weighted by Crippen LogP contribution is -2.56. The Morgan fingerprint density at radius 3 is 2.60 bits per heavy atom. The summed E-state index contributed by atoms with van der Waals surface area (Å²) in [5.41, 5.74) is 1.14.